The second-order valence-corrected chi connectivity index (χ2v) is 7.94. The van der Waals surface area contributed by atoms with Crippen LogP contribution in [0, 0.1) is 0 Å². The smallest absolute Gasteiger partial charge is 0.250 e. The first kappa shape index (κ1) is 20.1. The first-order valence-corrected chi connectivity index (χ1v) is 10.7. The van der Waals surface area contributed by atoms with Gasteiger partial charge in [0.15, 0.2) is 11.0 Å². The largest absolute Gasteiger partial charge is 0.463 e. The van der Waals surface area contributed by atoms with Gasteiger partial charge in [-0.3, -0.25) is 9.36 Å². The Hall–Kier alpha value is -3.17. The zero-order chi connectivity index (χ0) is 20.8. The molecule has 30 heavy (non-hydrogen) atoms. The van der Waals surface area contributed by atoms with Crippen LogP contribution in [0.5, 0.6) is 0 Å². The van der Waals surface area contributed by atoms with Crippen LogP contribution in [-0.2, 0) is 4.79 Å². The highest BCUT2D eigenvalue weighted by molar-refractivity contribution is 9.10. The summed E-state index contributed by atoms with van der Waals surface area (Å²) in [5, 5.41) is 13.2. The van der Waals surface area contributed by atoms with Crippen molar-refractivity contribution in [1.82, 2.24) is 20.2 Å². The molecule has 2 heterocycles. The van der Waals surface area contributed by atoms with E-state index in [1.54, 1.807) is 18.4 Å². The molecule has 1 N–H and O–H groups in total. The number of carbonyl (C=O) groups is 1. The van der Waals surface area contributed by atoms with Crippen LogP contribution >= 0.6 is 27.7 Å². The first-order chi connectivity index (χ1) is 14.7. The molecule has 0 spiro atoms. The van der Waals surface area contributed by atoms with Crippen molar-refractivity contribution in [2.75, 3.05) is 5.75 Å². The second kappa shape index (κ2) is 9.55. The molecule has 150 valence electrons. The number of nitrogens with one attached hydrogen (secondary N) is 1. The Labute approximate surface area is 185 Å². The standard InChI is InChI=1S/C21H16BrN5O2S/c22-16-10-8-15(9-11-16)20-25-26-21(27(20)17-5-2-1-3-6-17)30-14-19(28)24-23-13-18-7-4-12-29-18/h1-13H,14H2,(H,24,28)/b23-13+. The Morgan fingerprint density at radius 3 is 2.63 bits per heavy atom. The van der Waals surface area contributed by atoms with Crippen molar-refractivity contribution in [2.45, 2.75) is 5.16 Å². The summed E-state index contributed by atoms with van der Waals surface area (Å²) in [5.74, 6) is 1.15. The van der Waals surface area contributed by atoms with E-state index in [4.69, 9.17) is 4.42 Å². The SMILES string of the molecule is O=C(CSc1nnc(-c2ccc(Br)cc2)n1-c1ccccc1)N/N=C/c1ccco1. The van der Waals surface area contributed by atoms with Gasteiger partial charge in [-0.05, 0) is 36.4 Å². The highest BCUT2D eigenvalue weighted by atomic mass is 79.9. The molecular weight excluding hydrogens is 466 g/mol. The van der Waals surface area contributed by atoms with Crippen LogP contribution in [-0.4, -0.2) is 32.6 Å². The van der Waals surface area contributed by atoms with Gasteiger partial charge in [-0.25, -0.2) is 5.43 Å². The molecule has 0 aliphatic carbocycles. The predicted octanol–water partition coefficient (Wildman–Crippen LogP) is 4.53. The molecule has 1 amide bonds. The molecule has 0 aliphatic heterocycles. The molecule has 0 atom stereocenters. The molecule has 0 radical (unpaired) electrons. The third-order valence-corrected chi connectivity index (χ3v) is 5.46. The summed E-state index contributed by atoms with van der Waals surface area (Å²) in [5.41, 5.74) is 4.32. The van der Waals surface area contributed by atoms with Gasteiger partial charge in [-0.2, -0.15) is 5.10 Å². The monoisotopic (exact) mass is 481 g/mol. The van der Waals surface area contributed by atoms with E-state index in [1.807, 2.05) is 59.2 Å². The summed E-state index contributed by atoms with van der Waals surface area (Å²) in [4.78, 5) is 12.2. The Kier molecular flexibility index (Phi) is 6.41. The van der Waals surface area contributed by atoms with Crippen molar-refractivity contribution in [3.05, 3.63) is 83.2 Å². The van der Waals surface area contributed by atoms with E-state index in [1.165, 1.54) is 18.0 Å². The van der Waals surface area contributed by atoms with E-state index in [9.17, 15) is 4.79 Å². The number of benzene rings is 2. The van der Waals surface area contributed by atoms with Crippen LogP contribution in [0.25, 0.3) is 17.1 Å². The minimum atomic E-state index is -0.254. The van der Waals surface area contributed by atoms with Crippen LogP contribution in [0.1, 0.15) is 5.76 Å². The van der Waals surface area contributed by atoms with E-state index in [0.717, 1.165) is 15.7 Å². The number of aromatic nitrogens is 3. The lowest BCUT2D eigenvalue weighted by atomic mass is 10.2. The lowest BCUT2D eigenvalue weighted by Crippen LogP contribution is -2.19. The number of halogens is 1. The normalized spacial score (nSPS) is 11.1. The molecule has 0 saturated carbocycles. The lowest BCUT2D eigenvalue weighted by molar-refractivity contribution is -0.118. The summed E-state index contributed by atoms with van der Waals surface area (Å²) in [7, 11) is 0. The van der Waals surface area contributed by atoms with Crippen molar-refractivity contribution in [1.29, 1.82) is 0 Å². The second-order valence-electron chi connectivity index (χ2n) is 6.08. The van der Waals surface area contributed by atoms with Crippen LogP contribution in [0.15, 0.2) is 92.1 Å². The van der Waals surface area contributed by atoms with Crippen molar-refractivity contribution < 1.29 is 9.21 Å². The van der Waals surface area contributed by atoms with Gasteiger partial charge in [0.05, 0.1) is 18.2 Å². The van der Waals surface area contributed by atoms with Crippen molar-refractivity contribution >= 4 is 39.8 Å². The Morgan fingerprint density at radius 1 is 1.10 bits per heavy atom. The Balaban J connectivity index is 1.53. The predicted molar refractivity (Wildman–Crippen MR) is 120 cm³/mol. The summed E-state index contributed by atoms with van der Waals surface area (Å²) in [6.07, 6.45) is 2.99. The molecule has 0 saturated heterocycles. The van der Waals surface area contributed by atoms with Crippen LogP contribution in [0.4, 0.5) is 0 Å². The third-order valence-electron chi connectivity index (χ3n) is 4.01. The number of carbonyl (C=O) groups excluding carboxylic acids is 1. The molecular formula is C21H16BrN5O2S. The topological polar surface area (TPSA) is 85.3 Å². The highest BCUT2D eigenvalue weighted by Crippen LogP contribution is 2.28. The van der Waals surface area contributed by atoms with Gasteiger partial charge in [0, 0.05) is 15.7 Å². The molecule has 7 nitrogen and oxygen atoms in total. The van der Waals surface area contributed by atoms with Crippen LogP contribution in [0.2, 0.25) is 0 Å². The van der Waals surface area contributed by atoms with E-state index in [0.29, 0.717) is 16.7 Å². The Morgan fingerprint density at radius 2 is 1.90 bits per heavy atom. The van der Waals surface area contributed by atoms with Gasteiger partial charge in [0.1, 0.15) is 5.76 Å². The minimum absolute atomic E-state index is 0.140. The summed E-state index contributed by atoms with van der Waals surface area (Å²) in [6, 6.07) is 21.1. The summed E-state index contributed by atoms with van der Waals surface area (Å²) in [6.45, 7) is 0. The lowest BCUT2D eigenvalue weighted by Gasteiger charge is -2.10. The molecule has 0 bridgehead atoms. The molecule has 0 aliphatic rings. The zero-order valence-corrected chi connectivity index (χ0v) is 18.0. The van der Waals surface area contributed by atoms with E-state index >= 15 is 0 Å². The molecule has 4 aromatic rings. The number of furan rings is 1. The zero-order valence-electron chi connectivity index (χ0n) is 15.6. The molecule has 4 rings (SSSR count). The number of thioether (sulfide) groups is 1. The fourth-order valence-electron chi connectivity index (χ4n) is 2.65. The molecule has 2 aromatic carbocycles. The molecule has 9 heteroatoms. The maximum atomic E-state index is 12.2. The summed E-state index contributed by atoms with van der Waals surface area (Å²) >= 11 is 4.74. The average molecular weight is 482 g/mol. The maximum Gasteiger partial charge on any atom is 0.250 e. The molecule has 0 unspecified atom stereocenters. The molecule has 2 aromatic heterocycles. The third kappa shape index (κ3) is 4.87. The van der Waals surface area contributed by atoms with Gasteiger partial charge in [0.2, 0.25) is 0 Å². The first-order valence-electron chi connectivity index (χ1n) is 8.96. The minimum Gasteiger partial charge on any atom is -0.463 e. The number of nitrogens with zero attached hydrogens (tertiary/aromatic N) is 4. The molecule has 0 fully saturated rings. The fourth-order valence-corrected chi connectivity index (χ4v) is 3.66. The van der Waals surface area contributed by atoms with E-state index in [-0.39, 0.29) is 11.7 Å². The van der Waals surface area contributed by atoms with Crippen LogP contribution in [0.3, 0.4) is 0 Å². The van der Waals surface area contributed by atoms with Gasteiger partial charge < -0.3 is 4.42 Å². The number of hydrogen-bond donors (Lipinski definition) is 1. The van der Waals surface area contributed by atoms with Crippen LogP contribution < -0.4 is 5.43 Å². The number of hydrazone groups is 1. The quantitative estimate of drug-likeness (QED) is 0.238. The fraction of sp³-hybridized carbons (Fsp3) is 0.0476. The average Bonchev–Trinajstić information content (AvgIpc) is 3.43. The van der Waals surface area contributed by atoms with Crippen molar-refractivity contribution in [3.63, 3.8) is 0 Å². The van der Waals surface area contributed by atoms with E-state index in [2.05, 4.69) is 36.7 Å². The number of para-hydroxylation sites is 1. The van der Waals surface area contributed by atoms with Crippen molar-refractivity contribution in [2.24, 2.45) is 5.10 Å². The van der Waals surface area contributed by atoms with Gasteiger partial charge in [0.25, 0.3) is 5.91 Å². The van der Waals surface area contributed by atoms with E-state index < -0.39 is 0 Å². The highest BCUT2D eigenvalue weighted by Gasteiger charge is 2.17. The van der Waals surface area contributed by atoms with Gasteiger partial charge in [-0.15, -0.1) is 10.2 Å². The number of rotatable bonds is 7. The maximum absolute atomic E-state index is 12.2. The van der Waals surface area contributed by atoms with Gasteiger partial charge >= 0.3 is 0 Å². The number of hydrogen-bond acceptors (Lipinski definition) is 6. The van der Waals surface area contributed by atoms with Crippen molar-refractivity contribution in [3.8, 4) is 17.1 Å². The number of amides is 1. The Bertz CT molecular complexity index is 1140. The van der Waals surface area contributed by atoms with Gasteiger partial charge in [-0.1, -0.05) is 58.0 Å². The summed E-state index contributed by atoms with van der Waals surface area (Å²) < 4.78 is 8.05.